The molecule has 0 fully saturated rings. The fourth-order valence-electron chi connectivity index (χ4n) is 2.30. The van der Waals surface area contributed by atoms with Crippen LogP contribution < -0.4 is 4.90 Å². The van der Waals surface area contributed by atoms with Gasteiger partial charge in [-0.25, -0.2) is 0 Å². The Labute approximate surface area is 120 Å². The van der Waals surface area contributed by atoms with Crippen LogP contribution in [0, 0.1) is 0 Å². The third-order valence-corrected chi connectivity index (χ3v) is 3.40. The molecule has 0 aliphatic rings. The lowest BCUT2D eigenvalue weighted by Crippen LogP contribution is -2.09. The van der Waals surface area contributed by atoms with Gasteiger partial charge in [0.05, 0.1) is 0 Å². The molecule has 2 heteroatoms. The summed E-state index contributed by atoms with van der Waals surface area (Å²) in [6.07, 6.45) is 0.845. The van der Waals surface area contributed by atoms with Crippen LogP contribution in [0.3, 0.4) is 0 Å². The Balaban J connectivity index is 2.42. The van der Waals surface area contributed by atoms with Crippen molar-refractivity contribution >= 4 is 12.0 Å². The van der Waals surface area contributed by atoms with Crippen LogP contribution in [0.2, 0.25) is 0 Å². The van der Waals surface area contributed by atoms with Crippen molar-refractivity contribution in [2.24, 2.45) is 0 Å². The Bertz CT molecular complexity index is 585. The van der Waals surface area contributed by atoms with Crippen LogP contribution in [-0.2, 0) is 4.79 Å². The van der Waals surface area contributed by atoms with Crippen LogP contribution in [0.4, 0.5) is 5.69 Å². The number of carbonyl (C=O) groups is 1. The van der Waals surface area contributed by atoms with Crippen LogP contribution in [0.15, 0.2) is 66.7 Å². The topological polar surface area (TPSA) is 20.3 Å². The van der Waals surface area contributed by atoms with Crippen LogP contribution in [0.1, 0.15) is 17.0 Å². The summed E-state index contributed by atoms with van der Waals surface area (Å²) in [5.41, 5.74) is 3.88. The van der Waals surface area contributed by atoms with E-state index in [1.807, 2.05) is 44.4 Å². The standard InChI is InChI=1S/C18H19NO/c1-14(13-20)18(15-7-5-4-6-8-15)16-9-11-17(12-10-16)19(2)3/h4-13,18H,1H2,2-3H3. The average Bonchev–Trinajstić information content (AvgIpc) is 2.49. The molecule has 2 nitrogen and oxygen atoms in total. The normalized spacial score (nSPS) is 11.7. The highest BCUT2D eigenvalue weighted by Crippen LogP contribution is 2.30. The van der Waals surface area contributed by atoms with E-state index in [4.69, 9.17) is 0 Å². The van der Waals surface area contributed by atoms with Gasteiger partial charge in [0.25, 0.3) is 0 Å². The van der Waals surface area contributed by atoms with Crippen molar-refractivity contribution < 1.29 is 4.79 Å². The lowest BCUT2D eigenvalue weighted by Gasteiger charge is -2.19. The Morgan fingerprint density at radius 2 is 1.55 bits per heavy atom. The van der Waals surface area contributed by atoms with E-state index in [1.54, 1.807) is 0 Å². The highest BCUT2D eigenvalue weighted by Gasteiger charge is 2.17. The first-order chi connectivity index (χ1) is 9.63. The Hall–Kier alpha value is -2.35. The molecule has 2 aromatic rings. The van der Waals surface area contributed by atoms with Gasteiger partial charge in [0.15, 0.2) is 0 Å². The average molecular weight is 265 g/mol. The minimum atomic E-state index is -0.0788. The Morgan fingerprint density at radius 1 is 1.00 bits per heavy atom. The number of anilines is 1. The molecule has 0 saturated carbocycles. The van der Waals surface area contributed by atoms with Gasteiger partial charge < -0.3 is 4.90 Å². The van der Waals surface area contributed by atoms with E-state index in [1.165, 1.54) is 0 Å². The first-order valence-electron chi connectivity index (χ1n) is 6.59. The minimum Gasteiger partial charge on any atom is -0.378 e. The molecule has 0 aliphatic heterocycles. The number of benzene rings is 2. The van der Waals surface area contributed by atoms with E-state index < -0.39 is 0 Å². The summed E-state index contributed by atoms with van der Waals surface area (Å²) in [7, 11) is 4.02. The molecular weight excluding hydrogens is 246 g/mol. The van der Waals surface area contributed by atoms with E-state index in [-0.39, 0.29) is 5.92 Å². The number of rotatable bonds is 5. The largest absolute Gasteiger partial charge is 0.378 e. The third kappa shape index (κ3) is 2.97. The number of aldehydes is 1. The van der Waals surface area contributed by atoms with Gasteiger partial charge in [-0.3, -0.25) is 4.79 Å². The zero-order valence-electron chi connectivity index (χ0n) is 11.9. The van der Waals surface area contributed by atoms with Crippen molar-refractivity contribution in [3.63, 3.8) is 0 Å². The molecule has 0 spiro atoms. The molecular formula is C18H19NO. The second-order valence-electron chi connectivity index (χ2n) is 5.02. The zero-order chi connectivity index (χ0) is 14.5. The lowest BCUT2D eigenvalue weighted by molar-refractivity contribution is -0.105. The summed E-state index contributed by atoms with van der Waals surface area (Å²) >= 11 is 0. The van der Waals surface area contributed by atoms with Crippen molar-refractivity contribution in [2.75, 3.05) is 19.0 Å². The predicted molar refractivity (Wildman–Crippen MR) is 84.3 cm³/mol. The van der Waals surface area contributed by atoms with Gasteiger partial charge in [-0.05, 0) is 28.8 Å². The predicted octanol–water partition coefficient (Wildman–Crippen LogP) is 3.64. The summed E-state index contributed by atoms with van der Waals surface area (Å²) < 4.78 is 0. The molecule has 0 amide bonds. The molecule has 0 bridgehead atoms. The number of hydrogen-bond donors (Lipinski definition) is 0. The molecule has 0 aliphatic carbocycles. The van der Waals surface area contributed by atoms with Crippen LogP contribution in [-0.4, -0.2) is 20.4 Å². The fraction of sp³-hybridized carbons (Fsp3) is 0.167. The second-order valence-corrected chi connectivity index (χ2v) is 5.02. The molecule has 2 aromatic carbocycles. The Morgan fingerprint density at radius 3 is 2.05 bits per heavy atom. The minimum absolute atomic E-state index is 0.0788. The summed E-state index contributed by atoms with van der Waals surface area (Å²) in [6.45, 7) is 3.91. The molecule has 102 valence electrons. The first kappa shape index (κ1) is 14.1. The maximum atomic E-state index is 11.2. The summed E-state index contributed by atoms with van der Waals surface area (Å²) in [6, 6.07) is 18.2. The van der Waals surface area contributed by atoms with Crippen LogP contribution in [0.25, 0.3) is 0 Å². The summed E-state index contributed by atoms with van der Waals surface area (Å²) in [5, 5.41) is 0. The van der Waals surface area contributed by atoms with Crippen molar-refractivity contribution in [3.8, 4) is 0 Å². The van der Waals surface area contributed by atoms with Crippen molar-refractivity contribution in [1.82, 2.24) is 0 Å². The van der Waals surface area contributed by atoms with E-state index in [0.29, 0.717) is 5.57 Å². The van der Waals surface area contributed by atoms with Crippen LogP contribution in [0.5, 0.6) is 0 Å². The molecule has 2 rings (SSSR count). The molecule has 0 saturated heterocycles. The van der Waals surface area contributed by atoms with Gasteiger partial charge in [0, 0.05) is 25.7 Å². The number of allylic oxidation sites excluding steroid dienone is 1. The maximum absolute atomic E-state index is 11.2. The monoisotopic (exact) mass is 265 g/mol. The molecule has 0 aromatic heterocycles. The van der Waals surface area contributed by atoms with Crippen LogP contribution >= 0.6 is 0 Å². The Kier molecular flexibility index (Phi) is 4.36. The SMILES string of the molecule is C=C(C=O)C(c1ccccc1)c1ccc(N(C)C)cc1. The van der Waals surface area contributed by atoms with E-state index in [0.717, 1.165) is 23.1 Å². The summed E-state index contributed by atoms with van der Waals surface area (Å²) in [4.78, 5) is 13.2. The second kappa shape index (κ2) is 6.20. The highest BCUT2D eigenvalue weighted by molar-refractivity contribution is 5.76. The molecule has 1 atom stereocenters. The van der Waals surface area contributed by atoms with E-state index >= 15 is 0 Å². The molecule has 0 radical (unpaired) electrons. The number of hydrogen-bond acceptors (Lipinski definition) is 2. The smallest absolute Gasteiger partial charge is 0.146 e. The van der Waals surface area contributed by atoms with Gasteiger partial charge in [-0.1, -0.05) is 49.0 Å². The zero-order valence-corrected chi connectivity index (χ0v) is 11.9. The van der Waals surface area contributed by atoms with E-state index in [2.05, 4.69) is 35.7 Å². The first-order valence-corrected chi connectivity index (χ1v) is 6.59. The highest BCUT2D eigenvalue weighted by atomic mass is 16.1. The van der Waals surface area contributed by atoms with Gasteiger partial charge >= 0.3 is 0 Å². The van der Waals surface area contributed by atoms with Gasteiger partial charge in [-0.15, -0.1) is 0 Å². The summed E-state index contributed by atoms with van der Waals surface area (Å²) in [5.74, 6) is -0.0788. The fourth-order valence-corrected chi connectivity index (χ4v) is 2.30. The van der Waals surface area contributed by atoms with Gasteiger partial charge in [-0.2, -0.15) is 0 Å². The quantitative estimate of drug-likeness (QED) is 0.607. The maximum Gasteiger partial charge on any atom is 0.146 e. The molecule has 0 N–H and O–H groups in total. The molecule has 0 heterocycles. The van der Waals surface area contributed by atoms with Crippen molar-refractivity contribution in [2.45, 2.75) is 5.92 Å². The van der Waals surface area contributed by atoms with Crippen molar-refractivity contribution in [1.29, 1.82) is 0 Å². The number of nitrogens with zero attached hydrogens (tertiary/aromatic N) is 1. The molecule has 20 heavy (non-hydrogen) atoms. The third-order valence-electron chi connectivity index (χ3n) is 3.40. The van der Waals surface area contributed by atoms with Crippen molar-refractivity contribution in [3.05, 3.63) is 77.9 Å². The number of carbonyl (C=O) groups excluding carboxylic acids is 1. The molecule has 1 unspecified atom stereocenters. The van der Waals surface area contributed by atoms with Gasteiger partial charge in [0.2, 0.25) is 0 Å². The van der Waals surface area contributed by atoms with E-state index in [9.17, 15) is 4.79 Å². The van der Waals surface area contributed by atoms with Gasteiger partial charge in [0.1, 0.15) is 6.29 Å². The lowest BCUT2D eigenvalue weighted by atomic mass is 9.86.